The fourth-order valence-corrected chi connectivity index (χ4v) is 2.89. The largest absolute Gasteiger partial charge is 0.348 e. The van der Waals surface area contributed by atoms with Gasteiger partial charge in [-0.15, -0.1) is 0 Å². The van der Waals surface area contributed by atoms with Crippen LogP contribution in [-0.2, 0) is 9.47 Å². The number of pyridine rings is 1. The highest BCUT2D eigenvalue weighted by molar-refractivity contribution is 5.25. The zero-order valence-electron chi connectivity index (χ0n) is 10.3. The van der Waals surface area contributed by atoms with Crippen molar-refractivity contribution >= 4 is 0 Å². The minimum Gasteiger partial charge on any atom is -0.348 e. The number of aromatic nitrogens is 1. The summed E-state index contributed by atoms with van der Waals surface area (Å²) >= 11 is 0. The van der Waals surface area contributed by atoms with E-state index in [0.717, 1.165) is 38.9 Å². The van der Waals surface area contributed by atoms with E-state index in [1.54, 1.807) is 6.07 Å². The number of ether oxygens (including phenoxy) is 2. The molecule has 18 heavy (non-hydrogen) atoms. The molecule has 2 aliphatic rings. The standard InChI is InChI=1S/C14H16N2O2/c15-9-13-2-1-12(10-16-13)11-3-5-14(6-4-11)17-7-8-18-14/h1-2,10-11H,3-8H2. The van der Waals surface area contributed by atoms with Crippen LogP contribution in [0, 0.1) is 11.3 Å². The first kappa shape index (κ1) is 11.6. The third kappa shape index (κ3) is 2.12. The summed E-state index contributed by atoms with van der Waals surface area (Å²) in [5.41, 5.74) is 1.70. The Labute approximate surface area is 107 Å². The van der Waals surface area contributed by atoms with Crippen molar-refractivity contribution in [2.75, 3.05) is 13.2 Å². The van der Waals surface area contributed by atoms with Crippen molar-refractivity contribution in [2.45, 2.75) is 37.4 Å². The van der Waals surface area contributed by atoms with Gasteiger partial charge in [-0.3, -0.25) is 0 Å². The lowest BCUT2D eigenvalue weighted by atomic mass is 9.81. The van der Waals surface area contributed by atoms with E-state index >= 15 is 0 Å². The van der Waals surface area contributed by atoms with Gasteiger partial charge in [-0.1, -0.05) is 6.07 Å². The van der Waals surface area contributed by atoms with Crippen LogP contribution in [0.1, 0.15) is 42.9 Å². The van der Waals surface area contributed by atoms with E-state index in [1.807, 2.05) is 18.3 Å². The van der Waals surface area contributed by atoms with Crippen molar-refractivity contribution in [3.63, 3.8) is 0 Å². The Hall–Kier alpha value is -1.44. The van der Waals surface area contributed by atoms with Gasteiger partial charge in [-0.2, -0.15) is 5.26 Å². The van der Waals surface area contributed by atoms with E-state index in [-0.39, 0.29) is 5.79 Å². The molecule has 4 heteroatoms. The van der Waals surface area contributed by atoms with Crippen molar-refractivity contribution < 1.29 is 9.47 Å². The summed E-state index contributed by atoms with van der Waals surface area (Å²) in [6.07, 6.45) is 5.87. The van der Waals surface area contributed by atoms with Gasteiger partial charge in [0.25, 0.3) is 0 Å². The van der Waals surface area contributed by atoms with Gasteiger partial charge in [-0.05, 0) is 30.4 Å². The van der Waals surface area contributed by atoms with Crippen LogP contribution in [0.4, 0.5) is 0 Å². The smallest absolute Gasteiger partial charge is 0.168 e. The quantitative estimate of drug-likeness (QED) is 0.761. The summed E-state index contributed by atoms with van der Waals surface area (Å²) in [5, 5.41) is 8.73. The van der Waals surface area contributed by atoms with Crippen LogP contribution in [0.25, 0.3) is 0 Å². The van der Waals surface area contributed by atoms with Crippen LogP contribution in [-0.4, -0.2) is 24.0 Å². The number of hydrogen-bond donors (Lipinski definition) is 0. The Balaban J connectivity index is 1.66. The zero-order valence-corrected chi connectivity index (χ0v) is 10.3. The van der Waals surface area contributed by atoms with Crippen molar-refractivity contribution in [2.24, 2.45) is 0 Å². The maximum Gasteiger partial charge on any atom is 0.168 e. The molecular weight excluding hydrogens is 228 g/mol. The molecule has 1 spiro atoms. The maximum atomic E-state index is 8.73. The predicted molar refractivity (Wildman–Crippen MR) is 64.8 cm³/mol. The first-order valence-corrected chi connectivity index (χ1v) is 6.45. The molecule has 0 atom stereocenters. The van der Waals surface area contributed by atoms with E-state index in [0.29, 0.717) is 11.6 Å². The van der Waals surface area contributed by atoms with Gasteiger partial charge in [0.15, 0.2) is 5.79 Å². The van der Waals surface area contributed by atoms with Crippen LogP contribution in [0.5, 0.6) is 0 Å². The summed E-state index contributed by atoms with van der Waals surface area (Å²) in [6.45, 7) is 1.45. The van der Waals surface area contributed by atoms with Crippen LogP contribution in [0.2, 0.25) is 0 Å². The highest BCUT2D eigenvalue weighted by Crippen LogP contribution is 2.42. The summed E-state index contributed by atoms with van der Waals surface area (Å²) in [6, 6.07) is 5.86. The number of hydrogen-bond acceptors (Lipinski definition) is 4. The highest BCUT2D eigenvalue weighted by Gasteiger charge is 2.40. The minimum absolute atomic E-state index is 0.295. The van der Waals surface area contributed by atoms with Crippen molar-refractivity contribution in [3.05, 3.63) is 29.6 Å². The number of nitriles is 1. The molecule has 3 rings (SSSR count). The molecule has 1 aliphatic carbocycles. The lowest BCUT2D eigenvalue weighted by Gasteiger charge is -2.35. The zero-order chi connectivity index (χ0) is 12.4. The monoisotopic (exact) mass is 244 g/mol. The molecule has 0 radical (unpaired) electrons. The highest BCUT2D eigenvalue weighted by atomic mass is 16.7. The molecule has 0 bridgehead atoms. The Morgan fingerprint density at radius 3 is 2.50 bits per heavy atom. The molecule has 2 heterocycles. The topological polar surface area (TPSA) is 55.1 Å². The summed E-state index contributed by atoms with van der Waals surface area (Å²) in [5.74, 6) is 0.222. The van der Waals surface area contributed by atoms with Crippen LogP contribution < -0.4 is 0 Å². The van der Waals surface area contributed by atoms with E-state index in [1.165, 1.54) is 5.56 Å². The number of nitrogens with zero attached hydrogens (tertiary/aromatic N) is 2. The van der Waals surface area contributed by atoms with Crippen LogP contribution in [0.15, 0.2) is 18.3 Å². The lowest BCUT2D eigenvalue weighted by molar-refractivity contribution is -0.178. The molecule has 4 nitrogen and oxygen atoms in total. The van der Waals surface area contributed by atoms with E-state index < -0.39 is 0 Å². The average Bonchev–Trinajstić information content (AvgIpc) is 2.88. The Bertz CT molecular complexity index is 448. The molecule has 0 aromatic carbocycles. The first-order valence-electron chi connectivity index (χ1n) is 6.45. The molecule has 1 aromatic heterocycles. The average molecular weight is 244 g/mol. The summed E-state index contributed by atoms with van der Waals surface area (Å²) < 4.78 is 11.4. The molecular formula is C14H16N2O2. The fourth-order valence-electron chi connectivity index (χ4n) is 2.89. The molecule has 1 saturated heterocycles. The SMILES string of the molecule is N#Cc1ccc(C2CCC3(CC2)OCCO3)cn1. The Morgan fingerprint density at radius 2 is 1.94 bits per heavy atom. The van der Waals surface area contributed by atoms with Gasteiger partial charge < -0.3 is 9.47 Å². The molecule has 0 N–H and O–H groups in total. The molecule has 1 aliphatic heterocycles. The second-order valence-corrected chi connectivity index (χ2v) is 4.97. The van der Waals surface area contributed by atoms with Gasteiger partial charge in [0.05, 0.1) is 13.2 Å². The minimum atomic E-state index is -0.295. The molecule has 1 saturated carbocycles. The third-order valence-electron chi connectivity index (χ3n) is 3.93. The maximum absolute atomic E-state index is 8.73. The first-order chi connectivity index (χ1) is 8.81. The molecule has 2 fully saturated rings. The van der Waals surface area contributed by atoms with Gasteiger partial charge in [0.2, 0.25) is 0 Å². The summed E-state index contributed by atoms with van der Waals surface area (Å²) in [4.78, 5) is 4.14. The van der Waals surface area contributed by atoms with Gasteiger partial charge in [-0.25, -0.2) is 4.98 Å². The lowest BCUT2D eigenvalue weighted by Crippen LogP contribution is -2.34. The van der Waals surface area contributed by atoms with Gasteiger partial charge in [0.1, 0.15) is 11.8 Å². The van der Waals surface area contributed by atoms with E-state index in [9.17, 15) is 0 Å². The molecule has 94 valence electrons. The Kier molecular flexibility index (Phi) is 3.02. The second-order valence-electron chi connectivity index (χ2n) is 4.97. The molecule has 0 unspecified atom stereocenters. The van der Waals surface area contributed by atoms with E-state index in [2.05, 4.69) is 4.98 Å². The van der Waals surface area contributed by atoms with Gasteiger partial charge >= 0.3 is 0 Å². The number of rotatable bonds is 1. The van der Waals surface area contributed by atoms with Crippen LogP contribution >= 0.6 is 0 Å². The van der Waals surface area contributed by atoms with Crippen molar-refractivity contribution in [1.29, 1.82) is 5.26 Å². The fraction of sp³-hybridized carbons (Fsp3) is 0.571. The van der Waals surface area contributed by atoms with E-state index in [4.69, 9.17) is 14.7 Å². The second kappa shape index (κ2) is 4.68. The Morgan fingerprint density at radius 1 is 1.22 bits per heavy atom. The van der Waals surface area contributed by atoms with Crippen molar-refractivity contribution in [3.8, 4) is 6.07 Å². The van der Waals surface area contributed by atoms with Gasteiger partial charge in [0, 0.05) is 19.0 Å². The molecule has 0 amide bonds. The van der Waals surface area contributed by atoms with Crippen LogP contribution in [0.3, 0.4) is 0 Å². The predicted octanol–water partition coefficient (Wildman–Crippen LogP) is 2.35. The third-order valence-corrected chi connectivity index (χ3v) is 3.93. The summed E-state index contributed by atoms with van der Waals surface area (Å²) in [7, 11) is 0. The normalized spacial score (nSPS) is 23.1. The van der Waals surface area contributed by atoms with Crippen molar-refractivity contribution in [1.82, 2.24) is 4.98 Å². The molecule has 1 aromatic rings.